The van der Waals surface area contributed by atoms with Crippen LogP contribution in [0.3, 0.4) is 0 Å². The molecule has 4 rings (SSSR count). The zero-order valence-electron chi connectivity index (χ0n) is 29.9. The molecule has 0 aliphatic carbocycles. The molecule has 0 saturated carbocycles. The number of methoxy groups -OCH3 is 3. The van der Waals surface area contributed by atoms with E-state index >= 15 is 0 Å². The van der Waals surface area contributed by atoms with Crippen LogP contribution in [-0.4, -0.2) is 107 Å². The molecule has 16 heteroatoms. The largest absolute Gasteiger partial charge is 0.496 e. The molecular weight excluding hydrogens is 688 g/mol. The third kappa shape index (κ3) is 10.8. The van der Waals surface area contributed by atoms with Gasteiger partial charge in [0.15, 0.2) is 0 Å². The number of nitrogens with two attached hydrogens (primary N) is 1. The maximum atomic E-state index is 13.8. The number of benzene rings is 3. The number of ether oxygens (including phenoxy) is 4. The Bertz CT molecular complexity index is 1800. The molecule has 16 nitrogen and oxygen atoms in total. The van der Waals surface area contributed by atoms with Crippen LogP contribution in [0.25, 0.3) is 11.1 Å². The molecule has 1 aliphatic rings. The van der Waals surface area contributed by atoms with Gasteiger partial charge in [-0.3, -0.25) is 24.0 Å². The van der Waals surface area contributed by atoms with Crippen molar-refractivity contribution in [1.82, 2.24) is 26.2 Å². The Morgan fingerprint density at radius 1 is 0.906 bits per heavy atom. The molecule has 1 aliphatic heterocycles. The molecule has 0 radical (unpaired) electrons. The molecule has 3 aromatic rings. The van der Waals surface area contributed by atoms with Crippen molar-refractivity contribution in [3.05, 3.63) is 83.4 Å². The summed E-state index contributed by atoms with van der Waals surface area (Å²) in [5, 5.41) is 9.99. The minimum atomic E-state index is -1.29. The summed E-state index contributed by atoms with van der Waals surface area (Å²) in [5.41, 5.74) is 8.90. The number of amides is 5. The van der Waals surface area contributed by atoms with Crippen LogP contribution in [0, 0.1) is 0 Å². The maximum absolute atomic E-state index is 13.8. The monoisotopic (exact) mass is 732 g/mol. The van der Waals surface area contributed by atoms with E-state index in [1.807, 2.05) is 30.3 Å². The fourth-order valence-corrected chi connectivity index (χ4v) is 5.59. The molecule has 282 valence electrons. The topological polar surface area (TPSA) is 217 Å². The summed E-state index contributed by atoms with van der Waals surface area (Å²) in [4.78, 5) is 78.9. The normalized spacial score (nSPS) is 16.1. The Kier molecular flexibility index (Phi) is 14.3. The second-order valence-corrected chi connectivity index (χ2v) is 12.1. The first-order valence-electron chi connectivity index (χ1n) is 16.6. The molecular formula is C37H44N6O10. The van der Waals surface area contributed by atoms with E-state index < -0.39 is 73.3 Å². The summed E-state index contributed by atoms with van der Waals surface area (Å²) in [6, 6.07) is 16.1. The van der Waals surface area contributed by atoms with Gasteiger partial charge in [-0.15, -0.1) is 0 Å². The van der Waals surface area contributed by atoms with Crippen LogP contribution in [0.4, 0.5) is 0 Å². The standard InChI is InChI=1S/C37H44N6O10/c1-43(33(46)19-39-31(44)17-40-35(47)27(38)21-53-20-22-8-6-5-7-9-22)34-24-11-13-30(51-3)26(16-24)25-14-23(10-12-29(25)50-2)15-28(37(49)52-4)42-32(45)18-41-36(34)48/h5-14,16,27-28,34H,15,17-21,38H2,1-4H3,(H,39,44)(H,40,47)(H,41,48)(H,42,45)/t27-,28+,34?/m1/s1. The number of hydrogen-bond acceptors (Lipinski definition) is 11. The van der Waals surface area contributed by atoms with E-state index in [1.54, 1.807) is 36.4 Å². The summed E-state index contributed by atoms with van der Waals surface area (Å²) in [6.07, 6.45) is 0.0800. The zero-order chi connectivity index (χ0) is 38.5. The SMILES string of the molecule is COC(=O)[C@@H]1Cc2ccc(OC)c(c2)-c2cc(ccc2OC)C(N(C)C(=O)CNC(=O)CNC(=O)[C@H](N)COCc2ccccc2)C(=O)NCC(=O)N1. The predicted molar refractivity (Wildman–Crippen MR) is 191 cm³/mol. The van der Waals surface area contributed by atoms with Gasteiger partial charge in [-0.05, 0) is 41.0 Å². The van der Waals surface area contributed by atoms with Gasteiger partial charge in [-0.25, -0.2) is 4.79 Å². The van der Waals surface area contributed by atoms with Gasteiger partial charge < -0.3 is 50.8 Å². The van der Waals surface area contributed by atoms with Crippen LogP contribution in [0.5, 0.6) is 11.5 Å². The van der Waals surface area contributed by atoms with Gasteiger partial charge in [0, 0.05) is 24.6 Å². The fraction of sp³-hybridized carbons (Fsp3) is 0.351. The molecule has 53 heavy (non-hydrogen) atoms. The lowest BCUT2D eigenvalue weighted by molar-refractivity contribution is -0.145. The van der Waals surface area contributed by atoms with Gasteiger partial charge >= 0.3 is 5.97 Å². The Morgan fingerprint density at radius 3 is 2.26 bits per heavy atom. The molecule has 1 unspecified atom stereocenters. The summed E-state index contributed by atoms with van der Waals surface area (Å²) in [5.74, 6) is -3.15. The average molecular weight is 733 g/mol. The van der Waals surface area contributed by atoms with E-state index in [0.29, 0.717) is 33.8 Å². The highest BCUT2D eigenvalue weighted by atomic mass is 16.5. The number of nitrogens with one attached hydrogen (secondary N) is 4. The number of rotatable bonds is 13. The van der Waals surface area contributed by atoms with Crippen molar-refractivity contribution < 1.29 is 47.7 Å². The lowest BCUT2D eigenvalue weighted by Gasteiger charge is -2.29. The number of carbonyl (C=O) groups is 6. The number of carbonyl (C=O) groups excluding carboxylic acids is 6. The molecule has 0 fully saturated rings. The minimum Gasteiger partial charge on any atom is -0.496 e. The van der Waals surface area contributed by atoms with Gasteiger partial charge in [0.2, 0.25) is 29.5 Å². The van der Waals surface area contributed by atoms with E-state index in [1.165, 1.54) is 28.4 Å². The average Bonchev–Trinajstić information content (AvgIpc) is 3.17. The third-order valence-electron chi connectivity index (χ3n) is 8.41. The van der Waals surface area contributed by atoms with Crippen LogP contribution in [0.1, 0.15) is 22.7 Å². The van der Waals surface area contributed by atoms with Gasteiger partial charge in [0.25, 0.3) is 0 Å². The van der Waals surface area contributed by atoms with Gasteiger partial charge in [0.05, 0.1) is 54.2 Å². The first kappa shape index (κ1) is 39.8. The number of fused-ring (bicyclic) bond motifs is 5. The van der Waals surface area contributed by atoms with Gasteiger partial charge in [-0.1, -0.05) is 42.5 Å². The van der Waals surface area contributed by atoms with Crippen molar-refractivity contribution in [3.8, 4) is 22.6 Å². The Hall–Kier alpha value is -6.00. The number of nitrogens with zero attached hydrogens (tertiary/aromatic N) is 1. The first-order valence-corrected chi connectivity index (χ1v) is 16.6. The van der Waals surface area contributed by atoms with E-state index in [2.05, 4.69) is 21.3 Å². The molecule has 0 aromatic heterocycles. The van der Waals surface area contributed by atoms with Crippen molar-refractivity contribution in [1.29, 1.82) is 0 Å². The van der Waals surface area contributed by atoms with Gasteiger partial charge in [0.1, 0.15) is 29.6 Å². The van der Waals surface area contributed by atoms with Crippen molar-refractivity contribution >= 4 is 35.5 Å². The zero-order valence-corrected chi connectivity index (χ0v) is 29.9. The molecule has 3 atom stereocenters. The quantitative estimate of drug-likeness (QED) is 0.147. The van der Waals surface area contributed by atoms with Crippen molar-refractivity contribution in [3.63, 3.8) is 0 Å². The minimum absolute atomic E-state index is 0.0755. The lowest BCUT2D eigenvalue weighted by atomic mass is 9.94. The van der Waals surface area contributed by atoms with Crippen molar-refractivity contribution in [2.24, 2.45) is 5.73 Å². The molecule has 3 aromatic carbocycles. The predicted octanol–water partition coefficient (Wildman–Crippen LogP) is -0.0231. The Morgan fingerprint density at radius 2 is 1.58 bits per heavy atom. The summed E-state index contributed by atoms with van der Waals surface area (Å²) in [7, 11) is 5.54. The van der Waals surface area contributed by atoms with Crippen LogP contribution in [0.15, 0.2) is 66.7 Å². The van der Waals surface area contributed by atoms with Crippen LogP contribution >= 0.6 is 0 Å². The molecule has 1 heterocycles. The second kappa shape index (κ2) is 19.0. The molecule has 6 N–H and O–H groups in total. The van der Waals surface area contributed by atoms with E-state index in [-0.39, 0.29) is 19.6 Å². The molecule has 0 saturated heterocycles. The number of likely N-dealkylation sites (N-methyl/N-ethyl adjacent to an activating group) is 1. The molecule has 5 amide bonds. The van der Waals surface area contributed by atoms with Crippen molar-refractivity contribution in [2.45, 2.75) is 31.2 Å². The van der Waals surface area contributed by atoms with E-state index in [9.17, 15) is 28.8 Å². The van der Waals surface area contributed by atoms with E-state index in [0.717, 1.165) is 10.5 Å². The highest BCUT2D eigenvalue weighted by Gasteiger charge is 2.31. The Balaban J connectivity index is 1.50. The molecule has 0 spiro atoms. The number of hydrogen-bond donors (Lipinski definition) is 5. The van der Waals surface area contributed by atoms with Crippen LogP contribution in [0.2, 0.25) is 0 Å². The third-order valence-corrected chi connectivity index (χ3v) is 8.41. The summed E-state index contributed by atoms with van der Waals surface area (Å²) in [6.45, 7) is -1.32. The Labute approximate surface area is 306 Å². The highest BCUT2D eigenvalue weighted by Crippen LogP contribution is 2.39. The van der Waals surface area contributed by atoms with E-state index in [4.69, 9.17) is 24.7 Å². The van der Waals surface area contributed by atoms with Crippen LogP contribution < -0.4 is 36.5 Å². The summed E-state index contributed by atoms with van der Waals surface area (Å²) >= 11 is 0. The number of esters is 1. The second-order valence-electron chi connectivity index (χ2n) is 12.1. The maximum Gasteiger partial charge on any atom is 0.328 e. The summed E-state index contributed by atoms with van der Waals surface area (Å²) < 4.78 is 21.7. The van der Waals surface area contributed by atoms with Crippen LogP contribution in [-0.2, 0) is 51.3 Å². The lowest BCUT2D eigenvalue weighted by Crippen LogP contribution is -2.50. The fourth-order valence-electron chi connectivity index (χ4n) is 5.59. The van der Waals surface area contributed by atoms with Gasteiger partial charge in [-0.2, -0.15) is 0 Å². The van der Waals surface area contributed by atoms with Crippen molar-refractivity contribution in [2.75, 3.05) is 54.6 Å². The first-order chi connectivity index (χ1) is 25.4. The highest BCUT2D eigenvalue weighted by molar-refractivity contribution is 5.94. The molecule has 4 bridgehead atoms. The smallest absolute Gasteiger partial charge is 0.328 e.